The molecule has 0 radical (unpaired) electrons. The van der Waals surface area contributed by atoms with Crippen LogP contribution < -0.4 is 10.1 Å². The summed E-state index contributed by atoms with van der Waals surface area (Å²) in [5.74, 6) is -0.0361. The van der Waals surface area contributed by atoms with Crippen molar-refractivity contribution in [1.29, 1.82) is 0 Å². The van der Waals surface area contributed by atoms with Gasteiger partial charge in [0.1, 0.15) is 17.8 Å². The fraction of sp³-hybridized carbons (Fsp3) is 0.333. The van der Waals surface area contributed by atoms with E-state index in [9.17, 15) is 9.18 Å². The molecule has 0 spiro atoms. The third-order valence-corrected chi connectivity index (χ3v) is 2.93. The van der Waals surface area contributed by atoms with Gasteiger partial charge in [0, 0.05) is 12.1 Å². The molecule has 0 saturated carbocycles. The topological polar surface area (TPSA) is 64.4 Å². The largest absolute Gasteiger partial charge is 0.484 e. The number of hydrogen-bond acceptors (Lipinski definition) is 4. The number of carbonyl (C=O) groups is 1. The number of rotatable bonds is 6. The summed E-state index contributed by atoms with van der Waals surface area (Å²) in [6.07, 6.45) is 2.11. The molecule has 5 nitrogen and oxygen atoms in total. The molecule has 0 aliphatic carbocycles. The zero-order valence-corrected chi connectivity index (χ0v) is 11.9. The summed E-state index contributed by atoms with van der Waals surface area (Å²) >= 11 is 0. The number of nitrogens with one attached hydrogen (secondary N) is 1. The molecule has 1 aromatic heterocycles. The molecule has 2 rings (SSSR count). The summed E-state index contributed by atoms with van der Waals surface area (Å²) in [5.41, 5.74) is 0.202. The van der Waals surface area contributed by atoms with Gasteiger partial charge in [-0.2, -0.15) is 0 Å². The summed E-state index contributed by atoms with van der Waals surface area (Å²) in [6.45, 7) is 3.91. The van der Waals surface area contributed by atoms with Crippen molar-refractivity contribution in [2.75, 3.05) is 0 Å². The third-order valence-electron chi connectivity index (χ3n) is 2.93. The molecule has 0 fully saturated rings. The first-order valence-corrected chi connectivity index (χ1v) is 6.72. The van der Waals surface area contributed by atoms with Crippen LogP contribution in [0.5, 0.6) is 5.75 Å². The smallest absolute Gasteiger partial charge is 0.273 e. The number of benzene rings is 1. The molecule has 21 heavy (non-hydrogen) atoms. The quantitative estimate of drug-likeness (QED) is 0.889. The number of oxazole rings is 1. The van der Waals surface area contributed by atoms with Crippen LogP contribution in [0.1, 0.15) is 36.6 Å². The Morgan fingerprint density at radius 2 is 2.33 bits per heavy atom. The van der Waals surface area contributed by atoms with Gasteiger partial charge in [0.2, 0.25) is 5.89 Å². The molecule has 0 aliphatic rings. The van der Waals surface area contributed by atoms with Crippen LogP contribution in [-0.2, 0) is 6.61 Å². The van der Waals surface area contributed by atoms with Crippen molar-refractivity contribution in [3.05, 3.63) is 47.9 Å². The van der Waals surface area contributed by atoms with Crippen molar-refractivity contribution < 1.29 is 18.3 Å². The first-order chi connectivity index (χ1) is 10.1. The van der Waals surface area contributed by atoms with Gasteiger partial charge in [-0.1, -0.05) is 13.0 Å². The van der Waals surface area contributed by atoms with Crippen LogP contribution >= 0.6 is 0 Å². The fourth-order valence-electron chi connectivity index (χ4n) is 1.58. The Balaban J connectivity index is 1.92. The minimum atomic E-state index is -0.381. The maximum atomic E-state index is 13.0. The molecule has 0 saturated heterocycles. The van der Waals surface area contributed by atoms with E-state index in [1.807, 2.05) is 13.8 Å². The molecule has 2 aromatic rings. The van der Waals surface area contributed by atoms with Gasteiger partial charge in [-0.25, -0.2) is 9.37 Å². The highest BCUT2D eigenvalue weighted by atomic mass is 19.1. The van der Waals surface area contributed by atoms with Crippen molar-refractivity contribution in [3.63, 3.8) is 0 Å². The lowest BCUT2D eigenvalue weighted by Gasteiger charge is -2.08. The second-order valence-corrected chi connectivity index (χ2v) is 4.66. The van der Waals surface area contributed by atoms with Crippen LogP contribution in [0.4, 0.5) is 4.39 Å². The fourth-order valence-corrected chi connectivity index (χ4v) is 1.58. The Morgan fingerprint density at radius 3 is 3.05 bits per heavy atom. The Kier molecular flexibility index (Phi) is 4.92. The van der Waals surface area contributed by atoms with Crippen molar-refractivity contribution in [3.8, 4) is 5.75 Å². The van der Waals surface area contributed by atoms with Crippen LogP contribution in [0.2, 0.25) is 0 Å². The molecule has 0 bridgehead atoms. The molecule has 0 aliphatic heterocycles. The maximum Gasteiger partial charge on any atom is 0.273 e. The Hall–Kier alpha value is -2.37. The molecule has 1 amide bonds. The molecule has 0 unspecified atom stereocenters. The van der Waals surface area contributed by atoms with Crippen LogP contribution in [0.15, 0.2) is 34.9 Å². The minimum absolute atomic E-state index is 0.0278. The second kappa shape index (κ2) is 6.88. The van der Waals surface area contributed by atoms with E-state index in [-0.39, 0.29) is 36.0 Å². The first kappa shape index (κ1) is 15.0. The summed E-state index contributed by atoms with van der Waals surface area (Å²) in [4.78, 5) is 15.9. The average Bonchev–Trinajstić information content (AvgIpc) is 2.94. The Morgan fingerprint density at radius 1 is 1.52 bits per heavy atom. The lowest BCUT2D eigenvalue weighted by atomic mass is 10.2. The zero-order valence-electron chi connectivity index (χ0n) is 11.9. The van der Waals surface area contributed by atoms with E-state index in [0.29, 0.717) is 5.75 Å². The van der Waals surface area contributed by atoms with Crippen molar-refractivity contribution in [1.82, 2.24) is 10.3 Å². The Bertz CT molecular complexity index is 612. The maximum absolute atomic E-state index is 13.0. The van der Waals surface area contributed by atoms with Gasteiger partial charge < -0.3 is 14.5 Å². The normalized spacial score (nSPS) is 12.0. The number of carbonyl (C=O) groups excluding carboxylic acids is 1. The third kappa shape index (κ3) is 4.30. The monoisotopic (exact) mass is 292 g/mol. The van der Waals surface area contributed by atoms with Crippen LogP contribution in [0, 0.1) is 5.82 Å². The molecule has 1 N–H and O–H groups in total. The van der Waals surface area contributed by atoms with Crippen molar-refractivity contribution in [2.24, 2.45) is 0 Å². The van der Waals surface area contributed by atoms with E-state index in [1.165, 1.54) is 18.4 Å². The van der Waals surface area contributed by atoms with Gasteiger partial charge in [0.05, 0.1) is 0 Å². The molecule has 6 heteroatoms. The summed E-state index contributed by atoms with van der Waals surface area (Å²) in [7, 11) is 0. The van der Waals surface area contributed by atoms with Gasteiger partial charge in [-0.15, -0.1) is 0 Å². The van der Waals surface area contributed by atoms with Gasteiger partial charge in [-0.05, 0) is 25.5 Å². The number of ether oxygens (including phenoxy) is 1. The highest BCUT2D eigenvalue weighted by Crippen LogP contribution is 2.14. The van der Waals surface area contributed by atoms with Crippen molar-refractivity contribution in [2.45, 2.75) is 32.9 Å². The molecule has 1 heterocycles. The minimum Gasteiger partial charge on any atom is -0.484 e. The van der Waals surface area contributed by atoms with E-state index in [0.717, 1.165) is 6.42 Å². The summed E-state index contributed by atoms with van der Waals surface area (Å²) < 4.78 is 23.5. The number of aromatic nitrogens is 1. The predicted octanol–water partition coefficient (Wildman–Crippen LogP) is 2.92. The molecular formula is C15H17FN2O3. The molecule has 1 aromatic carbocycles. The van der Waals surface area contributed by atoms with Crippen LogP contribution in [0.3, 0.4) is 0 Å². The SMILES string of the molecule is CC[C@H](C)NC(=O)c1coc(COc2cccc(F)c2)n1. The van der Waals surface area contributed by atoms with Gasteiger partial charge >= 0.3 is 0 Å². The van der Waals surface area contributed by atoms with E-state index >= 15 is 0 Å². The highest BCUT2D eigenvalue weighted by molar-refractivity contribution is 5.92. The predicted molar refractivity (Wildman–Crippen MR) is 74.5 cm³/mol. The van der Waals surface area contributed by atoms with Gasteiger partial charge in [0.15, 0.2) is 12.3 Å². The van der Waals surface area contributed by atoms with E-state index < -0.39 is 0 Å². The number of nitrogens with zero attached hydrogens (tertiary/aromatic N) is 1. The lowest BCUT2D eigenvalue weighted by molar-refractivity contribution is 0.0934. The Labute approximate surface area is 122 Å². The number of halogens is 1. The van der Waals surface area contributed by atoms with Gasteiger partial charge in [-0.3, -0.25) is 4.79 Å². The van der Waals surface area contributed by atoms with Crippen LogP contribution in [-0.4, -0.2) is 16.9 Å². The van der Waals surface area contributed by atoms with Crippen molar-refractivity contribution >= 4 is 5.91 Å². The summed E-state index contributed by atoms with van der Waals surface area (Å²) in [5, 5.41) is 2.79. The van der Waals surface area contributed by atoms with E-state index in [1.54, 1.807) is 12.1 Å². The molecular weight excluding hydrogens is 275 g/mol. The highest BCUT2D eigenvalue weighted by Gasteiger charge is 2.14. The number of hydrogen-bond donors (Lipinski definition) is 1. The van der Waals surface area contributed by atoms with Crippen LogP contribution in [0.25, 0.3) is 0 Å². The molecule has 1 atom stereocenters. The van der Waals surface area contributed by atoms with E-state index in [4.69, 9.17) is 9.15 Å². The average molecular weight is 292 g/mol. The standard InChI is InChI=1S/C15H17FN2O3/c1-3-10(2)17-15(19)13-8-21-14(18-13)9-20-12-6-4-5-11(16)7-12/h4-8,10H,3,9H2,1-2H3,(H,17,19)/t10-/m0/s1. The first-order valence-electron chi connectivity index (χ1n) is 6.72. The van der Waals surface area contributed by atoms with E-state index in [2.05, 4.69) is 10.3 Å². The molecule has 112 valence electrons. The van der Waals surface area contributed by atoms with Gasteiger partial charge in [0.25, 0.3) is 5.91 Å². The zero-order chi connectivity index (χ0) is 15.2. The number of amides is 1. The summed E-state index contributed by atoms with van der Waals surface area (Å²) in [6, 6.07) is 5.84. The second-order valence-electron chi connectivity index (χ2n) is 4.66. The lowest BCUT2D eigenvalue weighted by Crippen LogP contribution is -2.32.